The van der Waals surface area contributed by atoms with Crippen molar-refractivity contribution in [3.8, 4) is 0 Å². The third-order valence-electron chi connectivity index (χ3n) is 5.59. The summed E-state index contributed by atoms with van der Waals surface area (Å²) in [6.07, 6.45) is 5.57. The molecule has 0 amide bonds. The van der Waals surface area contributed by atoms with E-state index < -0.39 is 9.84 Å². The number of aliphatic imine (C=N–C) groups is 1. The van der Waals surface area contributed by atoms with Crippen molar-refractivity contribution in [2.45, 2.75) is 63.5 Å². The van der Waals surface area contributed by atoms with E-state index in [4.69, 9.17) is 4.74 Å². The third kappa shape index (κ3) is 7.40. The fraction of sp³-hybridized carbons (Fsp3) is 0.667. The number of rotatable bonds is 9. The Morgan fingerprint density at radius 1 is 1.28 bits per heavy atom. The first kappa shape index (κ1) is 26.2. The van der Waals surface area contributed by atoms with Crippen molar-refractivity contribution in [3.63, 3.8) is 0 Å². The smallest absolute Gasteiger partial charge is 0.191 e. The van der Waals surface area contributed by atoms with Crippen LogP contribution in [0.4, 0.5) is 0 Å². The Bertz CT molecular complexity index is 764. The van der Waals surface area contributed by atoms with Crippen LogP contribution < -0.4 is 10.6 Å². The molecule has 8 heteroatoms. The maximum absolute atomic E-state index is 11.5. The van der Waals surface area contributed by atoms with E-state index in [1.165, 1.54) is 6.26 Å². The van der Waals surface area contributed by atoms with Crippen LogP contribution in [0.5, 0.6) is 0 Å². The predicted molar refractivity (Wildman–Crippen MR) is 130 cm³/mol. The fourth-order valence-corrected chi connectivity index (χ4v) is 4.00. The predicted octanol–water partition coefficient (Wildman–Crippen LogP) is 3.40. The molecule has 1 aromatic carbocycles. The van der Waals surface area contributed by atoms with Crippen LogP contribution in [-0.2, 0) is 21.0 Å². The van der Waals surface area contributed by atoms with Crippen molar-refractivity contribution >= 4 is 39.8 Å². The molecule has 0 saturated heterocycles. The number of benzene rings is 1. The number of halogens is 1. The lowest BCUT2D eigenvalue weighted by atomic mass is 9.64. The van der Waals surface area contributed by atoms with Crippen molar-refractivity contribution in [1.82, 2.24) is 10.6 Å². The molecule has 0 bridgehead atoms. The Morgan fingerprint density at radius 2 is 1.93 bits per heavy atom. The van der Waals surface area contributed by atoms with Crippen LogP contribution in [0, 0.1) is 5.41 Å². The quantitative estimate of drug-likeness (QED) is 0.219. The number of unbranched alkanes of at least 4 members (excludes halogenated alkanes) is 1. The van der Waals surface area contributed by atoms with Crippen molar-refractivity contribution < 1.29 is 13.2 Å². The maximum atomic E-state index is 11.5. The molecule has 0 heterocycles. The molecule has 2 N–H and O–H groups in total. The zero-order chi connectivity index (χ0) is 20.8. The van der Waals surface area contributed by atoms with Gasteiger partial charge in [-0.15, -0.1) is 24.0 Å². The first-order chi connectivity index (χ1) is 13.2. The van der Waals surface area contributed by atoms with Gasteiger partial charge in [-0.25, -0.2) is 8.42 Å². The molecule has 2 atom stereocenters. The highest BCUT2D eigenvalue weighted by Gasteiger charge is 2.49. The molecule has 0 aliphatic heterocycles. The van der Waals surface area contributed by atoms with Crippen molar-refractivity contribution in [1.29, 1.82) is 0 Å². The van der Waals surface area contributed by atoms with Crippen molar-refractivity contribution in [2.75, 3.05) is 26.5 Å². The van der Waals surface area contributed by atoms with E-state index in [0.717, 1.165) is 50.4 Å². The molecule has 6 nitrogen and oxygen atoms in total. The van der Waals surface area contributed by atoms with Gasteiger partial charge in [-0.3, -0.25) is 4.99 Å². The first-order valence-electron chi connectivity index (χ1n) is 10.1. The summed E-state index contributed by atoms with van der Waals surface area (Å²) in [5.74, 6) is 0.790. The van der Waals surface area contributed by atoms with Gasteiger partial charge in [0.1, 0.15) is 0 Å². The van der Waals surface area contributed by atoms with Crippen molar-refractivity contribution in [2.24, 2.45) is 10.4 Å². The zero-order valence-corrected chi connectivity index (χ0v) is 21.3. The summed E-state index contributed by atoms with van der Waals surface area (Å²) in [6, 6.07) is 7.38. The van der Waals surface area contributed by atoms with Crippen LogP contribution >= 0.6 is 24.0 Å². The second kappa shape index (κ2) is 11.5. The number of nitrogens with zero attached hydrogens (tertiary/aromatic N) is 1. The summed E-state index contributed by atoms with van der Waals surface area (Å²) in [7, 11) is -1.37. The topological polar surface area (TPSA) is 79.8 Å². The summed E-state index contributed by atoms with van der Waals surface area (Å²) < 4.78 is 29.1. The van der Waals surface area contributed by atoms with E-state index in [1.54, 1.807) is 19.2 Å². The highest BCUT2D eigenvalue weighted by atomic mass is 127. The first-order valence-corrected chi connectivity index (χ1v) is 12.0. The lowest BCUT2D eigenvalue weighted by molar-refractivity contribution is -0.113. The summed E-state index contributed by atoms with van der Waals surface area (Å²) >= 11 is 0. The van der Waals surface area contributed by atoms with Gasteiger partial charge in [-0.2, -0.15) is 0 Å². The molecule has 1 aliphatic rings. The molecular formula is C21H36IN3O3S. The Morgan fingerprint density at radius 3 is 2.45 bits per heavy atom. The Balaban J connectivity index is 0.00000420. The normalized spacial score (nSPS) is 21.1. The van der Waals surface area contributed by atoms with Crippen LogP contribution in [-0.4, -0.2) is 53.0 Å². The zero-order valence-electron chi connectivity index (χ0n) is 18.2. The van der Waals surface area contributed by atoms with Crippen molar-refractivity contribution in [3.05, 3.63) is 29.8 Å². The highest BCUT2D eigenvalue weighted by molar-refractivity contribution is 14.0. The third-order valence-corrected chi connectivity index (χ3v) is 6.72. The number of nitrogens with one attached hydrogen (secondary N) is 2. The van der Waals surface area contributed by atoms with Gasteiger partial charge in [0.05, 0.1) is 11.0 Å². The van der Waals surface area contributed by atoms with Crippen LogP contribution in [0.1, 0.15) is 45.6 Å². The van der Waals surface area contributed by atoms with E-state index in [-0.39, 0.29) is 29.4 Å². The molecule has 29 heavy (non-hydrogen) atoms. The van der Waals surface area contributed by atoms with E-state index in [9.17, 15) is 8.42 Å². The Kier molecular flexibility index (Phi) is 10.4. The van der Waals surface area contributed by atoms with Gasteiger partial charge in [0.2, 0.25) is 0 Å². The van der Waals surface area contributed by atoms with Gasteiger partial charge in [-0.05, 0) is 37.0 Å². The van der Waals surface area contributed by atoms with Gasteiger partial charge in [-0.1, -0.05) is 39.3 Å². The molecule has 1 fully saturated rings. The lowest BCUT2D eigenvalue weighted by Gasteiger charge is -2.52. The van der Waals surface area contributed by atoms with E-state index in [2.05, 4.69) is 36.4 Å². The lowest BCUT2D eigenvalue weighted by Crippen LogP contribution is -2.63. The molecule has 0 aromatic heterocycles. The number of hydrogen-bond donors (Lipinski definition) is 2. The SMILES string of the molecule is CCCCOC1CC(NC(=NC)NCCc2ccc(S(C)(=O)=O)cc2)C1(C)C.I. The van der Waals surface area contributed by atoms with Gasteiger partial charge in [0.15, 0.2) is 15.8 Å². The molecule has 1 aromatic rings. The number of guanidine groups is 1. The minimum absolute atomic E-state index is 0. The number of sulfone groups is 1. The largest absolute Gasteiger partial charge is 0.378 e. The molecule has 1 aliphatic carbocycles. The molecule has 2 unspecified atom stereocenters. The molecule has 0 radical (unpaired) electrons. The summed E-state index contributed by atoms with van der Waals surface area (Å²) in [4.78, 5) is 4.68. The Labute approximate surface area is 193 Å². The van der Waals surface area contributed by atoms with Crippen LogP contribution in [0.2, 0.25) is 0 Å². The minimum Gasteiger partial charge on any atom is -0.378 e. The van der Waals surface area contributed by atoms with E-state index in [0.29, 0.717) is 17.0 Å². The average molecular weight is 538 g/mol. The van der Waals surface area contributed by atoms with Gasteiger partial charge >= 0.3 is 0 Å². The van der Waals surface area contributed by atoms with Gasteiger partial charge in [0.25, 0.3) is 0 Å². The average Bonchev–Trinajstić information content (AvgIpc) is 2.65. The van der Waals surface area contributed by atoms with E-state index in [1.807, 2.05) is 12.1 Å². The maximum Gasteiger partial charge on any atom is 0.191 e. The standard InChI is InChI=1S/C21H35N3O3S.HI/c1-6-7-14-27-19-15-18(21(19,2)3)24-20(22-4)23-13-12-16-8-10-17(11-9-16)28(5,25)26;/h8-11,18-19H,6-7,12-15H2,1-5H3,(H2,22,23,24);1H. The number of hydrogen-bond acceptors (Lipinski definition) is 4. The highest BCUT2D eigenvalue weighted by Crippen LogP contribution is 2.42. The molecule has 2 rings (SSSR count). The molecule has 0 spiro atoms. The second-order valence-corrected chi connectivity index (χ2v) is 10.1. The molecule has 166 valence electrons. The summed E-state index contributed by atoms with van der Waals surface area (Å²) in [5.41, 5.74) is 1.16. The van der Waals surface area contributed by atoms with Gasteiger partial charge < -0.3 is 15.4 Å². The molecule has 1 saturated carbocycles. The van der Waals surface area contributed by atoms with Crippen LogP contribution in [0.25, 0.3) is 0 Å². The van der Waals surface area contributed by atoms with Gasteiger partial charge in [0, 0.05) is 37.9 Å². The summed E-state index contributed by atoms with van der Waals surface area (Å²) in [6.45, 7) is 8.21. The van der Waals surface area contributed by atoms with Crippen LogP contribution in [0.3, 0.4) is 0 Å². The summed E-state index contributed by atoms with van der Waals surface area (Å²) in [5, 5.41) is 6.86. The second-order valence-electron chi connectivity index (χ2n) is 8.13. The monoisotopic (exact) mass is 537 g/mol. The fourth-order valence-electron chi connectivity index (χ4n) is 3.37. The van der Waals surface area contributed by atoms with Crippen LogP contribution in [0.15, 0.2) is 34.2 Å². The Hall–Kier alpha value is -0.870. The number of ether oxygens (including phenoxy) is 1. The van der Waals surface area contributed by atoms with E-state index >= 15 is 0 Å². The minimum atomic E-state index is -3.15. The molecular weight excluding hydrogens is 501 g/mol.